The molecule has 40 heavy (non-hydrogen) atoms. The third kappa shape index (κ3) is 9.55. The first-order valence-electron chi connectivity index (χ1n) is 14.5. The van der Waals surface area contributed by atoms with Crippen LogP contribution in [-0.2, 0) is 14.3 Å². The van der Waals surface area contributed by atoms with Crippen molar-refractivity contribution in [2.45, 2.75) is 76.6 Å². The maximum Gasteiger partial charge on any atom is 0.410 e. The topological polar surface area (TPSA) is 46.6 Å². The smallest absolute Gasteiger partial charge is 0.410 e. The molecular formula is C35H45NO3S. The summed E-state index contributed by atoms with van der Waals surface area (Å²) in [7, 11) is 0. The molecule has 0 bridgehead atoms. The van der Waals surface area contributed by atoms with E-state index in [2.05, 4.69) is 91.0 Å². The predicted molar refractivity (Wildman–Crippen MR) is 168 cm³/mol. The van der Waals surface area contributed by atoms with Gasteiger partial charge in [0.25, 0.3) is 0 Å². The van der Waals surface area contributed by atoms with Gasteiger partial charge in [-0.3, -0.25) is 0 Å². The fraction of sp³-hybridized carbons (Fsp3) is 0.429. The van der Waals surface area contributed by atoms with E-state index < -0.39 is 5.60 Å². The van der Waals surface area contributed by atoms with Crippen molar-refractivity contribution in [1.29, 1.82) is 0 Å². The second kappa shape index (κ2) is 15.7. The van der Waals surface area contributed by atoms with Crippen molar-refractivity contribution in [2.75, 3.05) is 18.8 Å². The molecular weight excluding hydrogens is 514 g/mol. The standard InChI is InChI=1S/C35H45NO3S/c1-29(37)19-18-27-36(33(38)39-34(2,3)4)26-16-5-6-17-28-40-35(30-20-10-7-11-21-30,31-22-12-8-13-23-31)32-24-14-9-15-25-32/h7-15,20-25H,5-6,16-19,26-28H2,1-4H3. The van der Waals surface area contributed by atoms with Crippen LogP contribution in [0.2, 0.25) is 0 Å². The molecule has 4 nitrogen and oxygen atoms in total. The number of carbonyl (C=O) groups is 2. The van der Waals surface area contributed by atoms with E-state index in [9.17, 15) is 9.59 Å². The summed E-state index contributed by atoms with van der Waals surface area (Å²) in [5.74, 6) is 1.17. The van der Waals surface area contributed by atoms with Gasteiger partial charge < -0.3 is 14.4 Å². The van der Waals surface area contributed by atoms with Gasteiger partial charge in [-0.15, -0.1) is 11.8 Å². The monoisotopic (exact) mass is 559 g/mol. The summed E-state index contributed by atoms with van der Waals surface area (Å²) in [6, 6.07) is 32.4. The molecule has 0 N–H and O–H groups in total. The van der Waals surface area contributed by atoms with Crippen LogP contribution in [0.4, 0.5) is 4.79 Å². The first-order valence-corrected chi connectivity index (χ1v) is 15.5. The molecule has 214 valence electrons. The van der Waals surface area contributed by atoms with Gasteiger partial charge in [0.05, 0.1) is 4.75 Å². The van der Waals surface area contributed by atoms with Crippen molar-refractivity contribution in [3.8, 4) is 0 Å². The highest BCUT2D eigenvalue weighted by molar-refractivity contribution is 8.00. The van der Waals surface area contributed by atoms with Crippen LogP contribution in [0.5, 0.6) is 0 Å². The number of carbonyl (C=O) groups excluding carboxylic acids is 2. The average Bonchev–Trinajstić information content (AvgIpc) is 2.94. The molecule has 0 aliphatic heterocycles. The number of rotatable bonds is 15. The number of nitrogens with zero attached hydrogens (tertiary/aromatic N) is 1. The number of benzene rings is 3. The number of unbranched alkanes of at least 4 members (excludes halogenated alkanes) is 3. The van der Waals surface area contributed by atoms with Gasteiger partial charge in [0, 0.05) is 19.5 Å². The van der Waals surface area contributed by atoms with Crippen molar-refractivity contribution < 1.29 is 14.3 Å². The summed E-state index contributed by atoms with van der Waals surface area (Å²) in [6.07, 6.45) is 5.03. The summed E-state index contributed by atoms with van der Waals surface area (Å²) < 4.78 is 5.33. The summed E-state index contributed by atoms with van der Waals surface area (Å²) in [4.78, 5) is 25.9. The minimum Gasteiger partial charge on any atom is -0.444 e. The summed E-state index contributed by atoms with van der Waals surface area (Å²) >= 11 is 2.00. The third-order valence-corrected chi connectivity index (χ3v) is 8.42. The van der Waals surface area contributed by atoms with Crippen LogP contribution in [0.3, 0.4) is 0 Å². The Morgan fingerprint density at radius 1 is 0.675 bits per heavy atom. The Labute approximate surface area is 245 Å². The molecule has 0 heterocycles. The Morgan fingerprint density at radius 2 is 1.12 bits per heavy atom. The van der Waals surface area contributed by atoms with Gasteiger partial charge in [-0.05, 0) is 69.4 Å². The normalized spacial score (nSPS) is 11.7. The van der Waals surface area contributed by atoms with Crippen molar-refractivity contribution >= 4 is 23.6 Å². The van der Waals surface area contributed by atoms with E-state index >= 15 is 0 Å². The van der Waals surface area contributed by atoms with Crippen LogP contribution in [-0.4, -0.2) is 41.2 Å². The van der Waals surface area contributed by atoms with E-state index in [1.54, 1.807) is 11.8 Å². The van der Waals surface area contributed by atoms with Gasteiger partial charge in [0.1, 0.15) is 11.4 Å². The van der Waals surface area contributed by atoms with Crippen molar-refractivity contribution in [3.63, 3.8) is 0 Å². The van der Waals surface area contributed by atoms with Gasteiger partial charge >= 0.3 is 6.09 Å². The lowest BCUT2D eigenvalue weighted by molar-refractivity contribution is -0.117. The zero-order valence-electron chi connectivity index (χ0n) is 24.6. The number of hydrogen-bond acceptors (Lipinski definition) is 4. The molecule has 1 amide bonds. The Hall–Kier alpha value is -3.05. The Bertz CT molecular complexity index is 1060. The molecule has 0 radical (unpaired) electrons. The molecule has 3 rings (SSSR count). The highest BCUT2D eigenvalue weighted by Crippen LogP contribution is 2.48. The minimum atomic E-state index is -0.532. The fourth-order valence-electron chi connectivity index (χ4n) is 4.89. The Kier molecular flexibility index (Phi) is 12.3. The Balaban J connectivity index is 1.62. The van der Waals surface area contributed by atoms with Gasteiger partial charge in [0.2, 0.25) is 0 Å². The highest BCUT2D eigenvalue weighted by Gasteiger charge is 2.36. The van der Waals surface area contributed by atoms with E-state index in [1.807, 2.05) is 32.5 Å². The molecule has 0 unspecified atom stereocenters. The maximum absolute atomic E-state index is 12.7. The van der Waals surface area contributed by atoms with Crippen LogP contribution in [0, 0.1) is 0 Å². The van der Waals surface area contributed by atoms with Crippen LogP contribution in [0.15, 0.2) is 91.0 Å². The number of amides is 1. The van der Waals surface area contributed by atoms with E-state index in [0.29, 0.717) is 25.9 Å². The lowest BCUT2D eigenvalue weighted by atomic mass is 9.84. The third-order valence-electron chi connectivity index (χ3n) is 6.79. The van der Waals surface area contributed by atoms with E-state index in [1.165, 1.54) is 16.7 Å². The fourth-order valence-corrected chi connectivity index (χ4v) is 6.45. The van der Waals surface area contributed by atoms with Crippen LogP contribution < -0.4 is 0 Å². The summed E-state index contributed by atoms with van der Waals surface area (Å²) in [5.41, 5.74) is 3.33. The molecule has 0 aliphatic carbocycles. The van der Waals surface area contributed by atoms with Gasteiger partial charge in [-0.25, -0.2) is 4.79 Å². The Morgan fingerprint density at radius 3 is 1.57 bits per heavy atom. The second-order valence-corrected chi connectivity index (χ2v) is 12.6. The van der Waals surface area contributed by atoms with Crippen LogP contribution in [0.25, 0.3) is 0 Å². The summed E-state index contributed by atoms with van der Waals surface area (Å²) in [5, 5.41) is 0. The molecule has 0 aromatic heterocycles. The first kappa shape index (κ1) is 31.5. The molecule has 0 spiro atoms. The number of hydrogen-bond donors (Lipinski definition) is 0. The van der Waals surface area contributed by atoms with Crippen LogP contribution >= 0.6 is 11.8 Å². The van der Waals surface area contributed by atoms with Gasteiger partial charge in [-0.2, -0.15) is 0 Å². The quantitative estimate of drug-likeness (QED) is 0.138. The minimum absolute atomic E-state index is 0.152. The number of Topliss-reactive ketones (excluding diaryl/α,β-unsaturated/α-hetero) is 1. The van der Waals surface area contributed by atoms with Crippen molar-refractivity contribution in [3.05, 3.63) is 108 Å². The SMILES string of the molecule is CC(=O)CCCN(CCCCCCSC(c1ccccc1)(c1ccccc1)c1ccccc1)C(=O)OC(C)(C)C. The zero-order chi connectivity index (χ0) is 28.8. The van der Waals surface area contributed by atoms with Crippen molar-refractivity contribution in [2.24, 2.45) is 0 Å². The molecule has 0 aliphatic rings. The average molecular weight is 560 g/mol. The van der Waals surface area contributed by atoms with E-state index in [0.717, 1.165) is 31.4 Å². The molecule has 3 aromatic carbocycles. The van der Waals surface area contributed by atoms with E-state index in [4.69, 9.17) is 4.74 Å². The molecule has 5 heteroatoms. The number of thioether (sulfide) groups is 1. The zero-order valence-corrected chi connectivity index (χ0v) is 25.4. The highest BCUT2D eigenvalue weighted by atomic mass is 32.2. The molecule has 0 atom stereocenters. The van der Waals surface area contributed by atoms with Crippen LogP contribution in [0.1, 0.15) is 82.9 Å². The lowest BCUT2D eigenvalue weighted by Gasteiger charge is -2.35. The molecule has 3 aromatic rings. The first-order chi connectivity index (χ1) is 19.2. The lowest BCUT2D eigenvalue weighted by Crippen LogP contribution is -2.38. The maximum atomic E-state index is 12.7. The molecule has 0 saturated carbocycles. The van der Waals surface area contributed by atoms with Crippen molar-refractivity contribution in [1.82, 2.24) is 4.90 Å². The predicted octanol–water partition coefficient (Wildman–Crippen LogP) is 8.88. The molecule has 0 saturated heterocycles. The summed E-state index contributed by atoms with van der Waals surface area (Å²) in [6.45, 7) is 8.46. The number of ketones is 1. The van der Waals surface area contributed by atoms with E-state index in [-0.39, 0.29) is 16.6 Å². The largest absolute Gasteiger partial charge is 0.444 e. The molecule has 0 fully saturated rings. The van der Waals surface area contributed by atoms with Gasteiger partial charge in [0.15, 0.2) is 0 Å². The van der Waals surface area contributed by atoms with Gasteiger partial charge in [-0.1, -0.05) is 104 Å². The number of ether oxygens (including phenoxy) is 1. The second-order valence-electron chi connectivity index (χ2n) is 11.3.